The Hall–Kier alpha value is -0.0800. The molecule has 0 N–H and O–H groups in total. The van der Waals surface area contributed by atoms with Gasteiger partial charge in [0.25, 0.3) is 0 Å². The molecule has 0 aliphatic carbocycles. The van der Waals surface area contributed by atoms with E-state index in [4.69, 9.17) is 4.74 Å². The molecule has 2 atom stereocenters. The smallest absolute Gasteiger partial charge is 0.0598 e. The molecule has 0 radical (unpaired) electrons. The first-order chi connectivity index (χ1) is 7.56. The van der Waals surface area contributed by atoms with E-state index >= 15 is 0 Å². The highest BCUT2D eigenvalue weighted by Crippen LogP contribution is 2.31. The molecule has 0 amide bonds. The summed E-state index contributed by atoms with van der Waals surface area (Å²) in [4.78, 5) is 2.71. The molecule has 2 rings (SSSR count). The fourth-order valence-corrected chi connectivity index (χ4v) is 3.13. The molecule has 2 aliphatic heterocycles. The fourth-order valence-electron chi connectivity index (χ4n) is 3.13. The van der Waals surface area contributed by atoms with Crippen LogP contribution in [0.5, 0.6) is 0 Å². The summed E-state index contributed by atoms with van der Waals surface area (Å²) < 4.78 is 5.99. The van der Waals surface area contributed by atoms with Gasteiger partial charge in [-0.2, -0.15) is 0 Å². The van der Waals surface area contributed by atoms with Gasteiger partial charge in [-0.05, 0) is 65.5 Å². The van der Waals surface area contributed by atoms with Gasteiger partial charge in [-0.15, -0.1) is 0 Å². The molecule has 2 saturated heterocycles. The fraction of sp³-hybridized carbons (Fsp3) is 1.00. The van der Waals surface area contributed by atoms with Crippen molar-refractivity contribution in [2.75, 3.05) is 19.7 Å². The molecule has 0 spiro atoms. The highest BCUT2D eigenvalue weighted by molar-refractivity contribution is 4.87. The highest BCUT2D eigenvalue weighted by atomic mass is 16.5. The lowest BCUT2D eigenvalue weighted by Crippen LogP contribution is -2.49. The molecule has 0 aromatic carbocycles. The van der Waals surface area contributed by atoms with Crippen LogP contribution in [-0.4, -0.2) is 36.2 Å². The first-order valence-corrected chi connectivity index (χ1v) is 6.94. The van der Waals surface area contributed by atoms with E-state index in [2.05, 4.69) is 25.7 Å². The minimum Gasteiger partial charge on any atom is -0.376 e. The zero-order valence-corrected chi connectivity index (χ0v) is 11.2. The second kappa shape index (κ2) is 5.05. The van der Waals surface area contributed by atoms with Crippen molar-refractivity contribution in [2.45, 2.75) is 64.5 Å². The normalized spacial score (nSPS) is 32.4. The number of nitrogens with zero attached hydrogens (tertiary/aromatic N) is 1. The van der Waals surface area contributed by atoms with Crippen molar-refractivity contribution < 1.29 is 4.74 Å². The molecule has 94 valence electrons. The Labute approximate surface area is 100 Å². The number of piperidine rings is 2. The summed E-state index contributed by atoms with van der Waals surface area (Å²) in [7, 11) is 0. The summed E-state index contributed by atoms with van der Waals surface area (Å²) in [6.45, 7) is 10.1. The molecule has 2 aliphatic rings. The number of hydrogen-bond donors (Lipinski definition) is 0. The standard InChI is InChI=1S/C14H27NO/c1-14(2,3)16-11-12-7-6-10-15-9-5-4-8-13(12)15/h12-13H,4-11H2,1-3H3. The summed E-state index contributed by atoms with van der Waals surface area (Å²) in [6.07, 6.45) is 6.97. The van der Waals surface area contributed by atoms with Crippen molar-refractivity contribution in [3.63, 3.8) is 0 Å². The number of ether oxygens (including phenoxy) is 1. The SMILES string of the molecule is CC(C)(C)OCC1CCCN2CCCCC12. The van der Waals surface area contributed by atoms with E-state index in [1.807, 2.05) is 0 Å². The lowest BCUT2D eigenvalue weighted by Gasteiger charge is -2.44. The summed E-state index contributed by atoms with van der Waals surface area (Å²) in [5, 5.41) is 0. The third kappa shape index (κ3) is 3.21. The van der Waals surface area contributed by atoms with Gasteiger partial charge in [-0.1, -0.05) is 6.42 Å². The molecule has 0 bridgehead atoms. The summed E-state index contributed by atoms with van der Waals surface area (Å²) in [6, 6.07) is 0.824. The third-order valence-corrected chi connectivity index (χ3v) is 3.96. The van der Waals surface area contributed by atoms with E-state index < -0.39 is 0 Å². The van der Waals surface area contributed by atoms with E-state index in [1.165, 1.54) is 45.2 Å². The predicted octanol–water partition coefficient (Wildman–Crippen LogP) is 3.07. The van der Waals surface area contributed by atoms with Crippen molar-refractivity contribution in [2.24, 2.45) is 5.92 Å². The van der Waals surface area contributed by atoms with Crippen LogP contribution in [0.15, 0.2) is 0 Å². The van der Waals surface area contributed by atoms with Gasteiger partial charge in [0, 0.05) is 6.04 Å². The zero-order valence-electron chi connectivity index (χ0n) is 11.2. The third-order valence-electron chi connectivity index (χ3n) is 3.96. The zero-order chi connectivity index (χ0) is 11.6. The lowest BCUT2D eigenvalue weighted by atomic mass is 9.84. The van der Waals surface area contributed by atoms with Crippen molar-refractivity contribution in [3.8, 4) is 0 Å². The van der Waals surface area contributed by atoms with Crippen LogP contribution in [0.4, 0.5) is 0 Å². The second-order valence-corrected chi connectivity index (χ2v) is 6.42. The summed E-state index contributed by atoms with van der Waals surface area (Å²) in [5.41, 5.74) is 0.0247. The van der Waals surface area contributed by atoms with Crippen LogP contribution in [0, 0.1) is 5.92 Å². The molecule has 2 unspecified atom stereocenters. The molecule has 2 fully saturated rings. The maximum atomic E-state index is 5.99. The van der Waals surface area contributed by atoms with Crippen LogP contribution in [0.25, 0.3) is 0 Å². The molecule has 2 heteroatoms. The molecule has 2 heterocycles. The minimum absolute atomic E-state index is 0.0247. The van der Waals surface area contributed by atoms with Crippen LogP contribution < -0.4 is 0 Å². The van der Waals surface area contributed by atoms with Gasteiger partial charge in [0.15, 0.2) is 0 Å². The number of rotatable bonds is 2. The van der Waals surface area contributed by atoms with Crippen LogP contribution in [0.2, 0.25) is 0 Å². The Morgan fingerprint density at radius 3 is 2.56 bits per heavy atom. The first-order valence-electron chi connectivity index (χ1n) is 6.94. The van der Waals surface area contributed by atoms with Crippen LogP contribution >= 0.6 is 0 Å². The largest absolute Gasteiger partial charge is 0.376 e. The Balaban J connectivity index is 1.87. The Morgan fingerprint density at radius 1 is 1.06 bits per heavy atom. The predicted molar refractivity (Wildman–Crippen MR) is 67.6 cm³/mol. The average Bonchev–Trinajstić information content (AvgIpc) is 2.25. The Kier molecular flexibility index (Phi) is 3.91. The average molecular weight is 225 g/mol. The first kappa shape index (κ1) is 12.4. The number of hydrogen-bond acceptors (Lipinski definition) is 2. The van der Waals surface area contributed by atoms with Gasteiger partial charge in [0.05, 0.1) is 12.2 Å². The topological polar surface area (TPSA) is 12.5 Å². The van der Waals surface area contributed by atoms with Gasteiger partial charge in [0.1, 0.15) is 0 Å². The van der Waals surface area contributed by atoms with Crippen LogP contribution in [0.3, 0.4) is 0 Å². The van der Waals surface area contributed by atoms with Gasteiger partial charge >= 0.3 is 0 Å². The molecule has 0 saturated carbocycles. The molecule has 0 aromatic heterocycles. The van der Waals surface area contributed by atoms with Crippen LogP contribution in [-0.2, 0) is 4.74 Å². The maximum Gasteiger partial charge on any atom is 0.0598 e. The molecule has 16 heavy (non-hydrogen) atoms. The highest BCUT2D eigenvalue weighted by Gasteiger charge is 2.33. The van der Waals surface area contributed by atoms with E-state index in [0.717, 1.165) is 18.6 Å². The lowest BCUT2D eigenvalue weighted by molar-refractivity contribution is -0.0566. The van der Waals surface area contributed by atoms with E-state index in [0.29, 0.717) is 0 Å². The van der Waals surface area contributed by atoms with Crippen molar-refractivity contribution in [3.05, 3.63) is 0 Å². The Bertz CT molecular complexity index is 219. The Morgan fingerprint density at radius 2 is 1.81 bits per heavy atom. The van der Waals surface area contributed by atoms with Crippen molar-refractivity contribution in [1.82, 2.24) is 4.90 Å². The van der Waals surface area contributed by atoms with Gasteiger partial charge in [-0.3, -0.25) is 0 Å². The minimum atomic E-state index is 0.0247. The van der Waals surface area contributed by atoms with E-state index in [-0.39, 0.29) is 5.60 Å². The summed E-state index contributed by atoms with van der Waals surface area (Å²) >= 11 is 0. The van der Waals surface area contributed by atoms with Gasteiger partial charge in [-0.25, -0.2) is 0 Å². The monoisotopic (exact) mass is 225 g/mol. The quantitative estimate of drug-likeness (QED) is 0.716. The molecular weight excluding hydrogens is 198 g/mol. The number of fused-ring (bicyclic) bond motifs is 1. The molecular formula is C14H27NO. The van der Waals surface area contributed by atoms with Crippen molar-refractivity contribution in [1.29, 1.82) is 0 Å². The van der Waals surface area contributed by atoms with Gasteiger partial charge in [0.2, 0.25) is 0 Å². The second-order valence-electron chi connectivity index (χ2n) is 6.42. The maximum absolute atomic E-state index is 5.99. The van der Waals surface area contributed by atoms with Crippen LogP contribution in [0.1, 0.15) is 52.9 Å². The molecule has 2 nitrogen and oxygen atoms in total. The van der Waals surface area contributed by atoms with E-state index in [1.54, 1.807) is 0 Å². The van der Waals surface area contributed by atoms with E-state index in [9.17, 15) is 0 Å². The summed E-state index contributed by atoms with van der Waals surface area (Å²) in [5.74, 6) is 0.785. The van der Waals surface area contributed by atoms with Crippen molar-refractivity contribution >= 4 is 0 Å². The van der Waals surface area contributed by atoms with Gasteiger partial charge < -0.3 is 9.64 Å². The molecule has 0 aromatic rings.